The number of hydrogen-bond acceptors (Lipinski definition) is 3. The van der Waals surface area contributed by atoms with Crippen LogP contribution in [0.2, 0.25) is 5.02 Å². The molecule has 1 aromatic carbocycles. The molecule has 1 atom stereocenters. The molecular formula is C11H10Cl2INO3S. The molecule has 0 aromatic heterocycles. The molecule has 1 heterocycles. The van der Waals surface area contributed by atoms with Crippen molar-refractivity contribution in [2.75, 3.05) is 17.2 Å². The number of amides is 1. The van der Waals surface area contributed by atoms with Crippen LogP contribution >= 0.6 is 44.9 Å². The minimum absolute atomic E-state index is 0.0921. The van der Waals surface area contributed by atoms with E-state index in [0.29, 0.717) is 11.6 Å². The molecular weight excluding hydrogens is 424 g/mol. The van der Waals surface area contributed by atoms with Gasteiger partial charge in [-0.15, -0.1) is 0 Å². The second-order valence-corrected chi connectivity index (χ2v) is 8.80. The van der Waals surface area contributed by atoms with Crippen molar-refractivity contribution in [3.63, 3.8) is 0 Å². The van der Waals surface area contributed by atoms with Crippen LogP contribution in [0.15, 0.2) is 18.2 Å². The van der Waals surface area contributed by atoms with Crippen LogP contribution < -0.4 is 4.90 Å². The molecule has 8 heteroatoms. The summed E-state index contributed by atoms with van der Waals surface area (Å²) in [4.78, 5) is 13.5. The second-order valence-electron chi connectivity index (χ2n) is 4.38. The summed E-state index contributed by atoms with van der Waals surface area (Å²) < 4.78 is 23.0. The van der Waals surface area contributed by atoms with Gasteiger partial charge in [0.05, 0.1) is 11.4 Å². The van der Waals surface area contributed by atoms with E-state index in [0.717, 1.165) is 9.26 Å². The summed E-state index contributed by atoms with van der Waals surface area (Å²) >= 11 is 7.97. The monoisotopic (exact) mass is 433 g/mol. The van der Waals surface area contributed by atoms with Crippen molar-refractivity contribution in [2.45, 2.75) is 6.42 Å². The Morgan fingerprint density at radius 3 is 2.68 bits per heavy atom. The molecule has 1 unspecified atom stereocenters. The Morgan fingerprint density at radius 2 is 2.11 bits per heavy atom. The van der Waals surface area contributed by atoms with E-state index < -0.39 is 9.05 Å². The summed E-state index contributed by atoms with van der Waals surface area (Å²) in [5.74, 6) is -0.534. The zero-order valence-electron chi connectivity index (χ0n) is 9.64. The minimum atomic E-state index is -3.58. The molecule has 0 aliphatic carbocycles. The van der Waals surface area contributed by atoms with Gasteiger partial charge in [-0.25, -0.2) is 8.42 Å². The highest BCUT2D eigenvalue weighted by Crippen LogP contribution is 2.31. The van der Waals surface area contributed by atoms with Crippen LogP contribution in [0.1, 0.15) is 6.42 Å². The first-order valence-electron chi connectivity index (χ1n) is 5.44. The highest BCUT2D eigenvalue weighted by molar-refractivity contribution is 14.1. The zero-order valence-corrected chi connectivity index (χ0v) is 14.1. The lowest BCUT2D eigenvalue weighted by Gasteiger charge is -2.18. The highest BCUT2D eigenvalue weighted by Gasteiger charge is 2.33. The summed E-state index contributed by atoms with van der Waals surface area (Å²) in [7, 11) is 1.65. The molecule has 2 rings (SSSR count). The van der Waals surface area contributed by atoms with E-state index in [9.17, 15) is 13.2 Å². The van der Waals surface area contributed by atoms with Crippen LogP contribution in [-0.4, -0.2) is 26.6 Å². The van der Waals surface area contributed by atoms with Crippen molar-refractivity contribution in [2.24, 2.45) is 5.92 Å². The van der Waals surface area contributed by atoms with E-state index >= 15 is 0 Å². The van der Waals surface area contributed by atoms with Gasteiger partial charge in [0.25, 0.3) is 0 Å². The van der Waals surface area contributed by atoms with Crippen LogP contribution in [0, 0.1) is 9.49 Å². The molecule has 0 saturated carbocycles. The van der Waals surface area contributed by atoms with Crippen LogP contribution in [0.4, 0.5) is 5.69 Å². The fourth-order valence-corrected chi connectivity index (χ4v) is 4.59. The number of anilines is 1. The number of carbonyl (C=O) groups excluding carboxylic acids is 1. The SMILES string of the molecule is O=C1CC(CS(=O)(=O)Cl)CN1c1ccc(Cl)cc1I. The lowest BCUT2D eigenvalue weighted by atomic mass is 10.1. The predicted molar refractivity (Wildman–Crippen MR) is 84.3 cm³/mol. The Balaban J connectivity index is 2.20. The third-order valence-corrected chi connectivity index (χ3v) is 5.19. The van der Waals surface area contributed by atoms with Crippen molar-refractivity contribution in [3.8, 4) is 0 Å². The summed E-state index contributed by atoms with van der Waals surface area (Å²) in [6, 6.07) is 5.23. The van der Waals surface area contributed by atoms with Gasteiger partial charge >= 0.3 is 0 Å². The van der Waals surface area contributed by atoms with Gasteiger partial charge in [-0.05, 0) is 40.8 Å². The maximum absolute atomic E-state index is 12.0. The average molecular weight is 434 g/mol. The maximum Gasteiger partial charge on any atom is 0.232 e. The van der Waals surface area contributed by atoms with Gasteiger partial charge in [-0.2, -0.15) is 0 Å². The van der Waals surface area contributed by atoms with Gasteiger partial charge < -0.3 is 4.90 Å². The van der Waals surface area contributed by atoms with Gasteiger partial charge in [0.1, 0.15) is 0 Å². The first kappa shape index (κ1) is 15.3. The van der Waals surface area contributed by atoms with E-state index in [4.69, 9.17) is 22.3 Å². The Hall–Kier alpha value is -0.0500. The molecule has 1 aliphatic rings. The predicted octanol–water partition coefficient (Wildman–Crippen LogP) is 2.87. The number of halogens is 3. The normalized spacial score (nSPS) is 20.1. The lowest BCUT2D eigenvalue weighted by Crippen LogP contribution is -2.26. The smallest absolute Gasteiger partial charge is 0.232 e. The van der Waals surface area contributed by atoms with E-state index in [1.807, 2.05) is 0 Å². The fraction of sp³-hybridized carbons (Fsp3) is 0.364. The zero-order chi connectivity index (χ0) is 14.2. The third-order valence-electron chi connectivity index (χ3n) is 2.84. The van der Waals surface area contributed by atoms with Gasteiger partial charge in [-0.1, -0.05) is 11.6 Å². The Bertz CT molecular complexity index is 620. The summed E-state index contributed by atoms with van der Waals surface area (Å²) in [5, 5.41) is 0.597. The quantitative estimate of drug-likeness (QED) is 0.544. The van der Waals surface area contributed by atoms with Gasteiger partial charge in [0.15, 0.2) is 0 Å². The third kappa shape index (κ3) is 3.96. The fourth-order valence-electron chi connectivity index (χ4n) is 2.11. The largest absolute Gasteiger partial charge is 0.311 e. The second kappa shape index (κ2) is 5.75. The molecule has 1 fully saturated rings. The molecule has 1 aliphatic heterocycles. The van der Waals surface area contributed by atoms with E-state index in [1.54, 1.807) is 23.1 Å². The molecule has 4 nitrogen and oxygen atoms in total. The molecule has 1 aromatic rings. The molecule has 19 heavy (non-hydrogen) atoms. The van der Waals surface area contributed by atoms with Crippen LogP contribution in [0.3, 0.4) is 0 Å². The van der Waals surface area contributed by atoms with Gasteiger partial charge in [0, 0.05) is 38.2 Å². The molecule has 104 valence electrons. The number of benzene rings is 1. The lowest BCUT2D eigenvalue weighted by molar-refractivity contribution is -0.117. The minimum Gasteiger partial charge on any atom is -0.311 e. The molecule has 0 N–H and O–H groups in total. The molecule has 1 saturated heterocycles. The molecule has 1 amide bonds. The van der Waals surface area contributed by atoms with Crippen molar-refractivity contribution in [1.29, 1.82) is 0 Å². The van der Waals surface area contributed by atoms with Crippen molar-refractivity contribution in [3.05, 3.63) is 26.8 Å². The van der Waals surface area contributed by atoms with E-state index in [1.165, 1.54) is 0 Å². The number of nitrogens with zero attached hydrogens (tertiary/aromatic N) is 1. The van der Waals surface area contributed by atoms with Gasteiger partial charge in [0.2, 0.25) is 15.0 Å². The first-order chi connectivity index (χ1) is 8.76. The highest BCUT2D eigenvalue weighted by atomic mass is 127. The Kier molecular flexibility index (Phi) is 4.64. The van der Waals surface area contributed by atoms with E-state index in [-0.39, 0.29) is 24.0 Å². The van der Waals surface area contributed by atoms with Gasteiger partial charge in [-0.3, -0.25) is 4.79 Å². The topological polar surface area (TPSA) is 54.5 Å². The number of hydrogen-bond donors (Lipinski definition) is 0. The van der Waals surface area contributed by atoms with Crippen molar-refractivity contribution < 1.29 is 13.2 Å². The van der Waals surface area contributed by atoms with E-state index in [2.05, 4.69) is 22.6 Å². The molecule has 0 spiro atoms. The number of carbonyl (C=O) groups is 1. The van der Waals surface area contributed by atoms with Crippen LogP contribution in [0.5, 0.6) is 0 Å². The summed E-state index contributed by atoms with van der Waals surface area (Å²) in [5.41, 5.74) is 0.754. The molecule has 0 radical (unpaired) electrons. The Labute approximate surface area is 134 Å². The summed E-state index contributed by atoms with van der Waals surface area (Å²) in [6.07, 6.45) is 0.199. The standard InChI is InChI=1S/C11H10Cl2INO3S/c12-8-1-2-10(9(14)4-8)15-5-7(3-11(15)16)6-19(13,17)18/h1-2,4,7H,3,5-6H2. The maximum atomic E-state index is 12.0. The first-order valence-corrected chi connectivity index (χ1v) is 9.37. The van der Waals surface area contributed by atoms with Crippen molar-refractivity contribution >= 4 is 65.5 Å². The summed E-state index contributed by atoms with van der Waals surface area (Å²) in [6.45, 7) is 0.364. The van der Waals surface area contributed by atoms with Crippen LogP contribution in [0.25, 0.3) is 0 Å². The van der Waals surface area contributed by atoms with Crippen molar-refractivity contribution in [1.82, 2.24) is 0 Å². The molecule has 0 bridgehead atoms. The Morgan fingerprint density at radius 1 is 1.42 bits per heavy atom. The number of rotatable bonds is 3. The average Bonchev–Trinajstić information content (AvgIpc) is 2.56. The van der Waals surface area contributed by atoms with Crippen LogP contribution in [-0.2, 0) is 13.8 Å².